The second-order valence-electron chi connectivity index (χ2n) is 3.67. The molecule has 1 heterocycles. The van der Waals surface area contributed by atoms with Crippen LogP contribution in [0.1, 0.15) is 11.5 Å². The highest BCUT2D eigenvalue weighted by atomic mass is 127. The Kier molecular flexibility index (Phi) is 4.85. The summed E-state index contributed by atoms with van der Waals surface area (Å²) in [5.41, 5.74) is 6.78. The van der Waals surface area contributed by atoms with Gasteiger partial charge in [0.1, 0.15) is 11.6 Å². The highest BCUT2D eigenvalue weighted by Gasteiger charge is 2.06. The van der Waals surface area contributed by atoms with Crippen LogP contribution < -0.4 is 5.73 Å². The highest BCUT2D eigenvalue weighted by Crippen LogP contribution is 2.24. The lowest BCUT2D eigenvalue weighted by Crippen LogP contribution is -2.04. The first-order valence-corrected chi connectivity index (χ1v) is 8.09. The van der Waals surface area contributed by atoms with E-state index in [0.29, 0.717) is 5.82 Å². The fourth-order valence-corrected chi connectivity index (χ4v) is 2.64. The van der Waals surface area contributed by atoms with E-state index in [0.717, 1.165) is 25.3 Å². The van der Waals surface area contributed by atoms with Crippen molar-refractivity contribution in [1.82, 2.24) is 9.97 Å². The van der Waals surface area contributed by atoms with Gasteiger partial charge in [0, 0.05) is 9.37 Å². The van der Waals surface area contributed by atoms with Gasteiger partial charge >= 0.3 is 0 Å². The van der Waals surface area contributed by atoms with Crippen molar-refractivity contribution >= 4 is 56.1 Å². The zero-order valence-electron chi connectivity index (χ0n) is 9.65. The third-order valence-corrected chi connectivity index (χ3v) is 5.14. The normalized spacial score (nSPS) is 10.6. The van der Waals surface area contributed by atoms with Crippen LogP contribution in [0.2, 0.25) is 0 Å². The van der Waals surface area contributed by atoms with Gasteiger partial charge in [-0.3, -0.25) is 0 Å². The van der Waals surface area contributed by atoms with Gasteiger partial charge in [0.2, 0.25) is 0 Å². The minimum absolute atomic E-state index is 0.564. The third-order valence-electron chi connectivity index (χ3n) is 2.27. The number of nitrogens with two attached hydrogens (primary N) is 1. The zero-order chi connectivity index (χ0) is 13.1. The average Bonchev–Trinajstić information content (AvgIpc) is 2.35. The molecule has 0 radical (unpaired) electrons. The lowest BCUT2D eigenvalue weighted by molar-refractivity contribution is 0.991. The number of benzene rings is 1. The lowest BCUT2D eigenvalue weighted by Gasteiger charge is -2.05. The minimum Gasteiger partial charge on any atom is -0.383 e. The van der Waals surface area contributed by atoms with E-state index in [4.69, 9.17) is 5.73 Å². The minimum atomic E-state index is 0.564. The van der Waals surface area contributed by atoms with Crippen molar-refractivity contribution < 1.29 is 0 Å². The van der Waals surface area contributed by atoms with Crippen LogP contribution in [0.5, 0.6) is 0 Å². The predicted octanol–water partition coefficient (Wildman–Crippen LogP) is 4.03. The molecular weight excluding hydrogens is 425 g/mol. The molecule has 1 aromatic heterocycles. The summed E-state index contributed by atoms with van der Waals surface area (Å²) in [5.74, 6) is 2.07. The lowest BCUT2D eigenvalue weighted by atomic mass is 10.4. The molecule has 0 atom stereocenters. The molecular formula is C12H11BrIN3S. The standard InChI is InChI=1S/C12H11BrIN3S/c1-7-11(14)12(15)17-10(16-7)6-18-9-4-2-8(13)3-5-9/h2-5H,6H2,1H3,(H2,15,16,17). The van der Waals surface area contributed by atoms with E-state index in [1.54, 1.807) is 11.8 Å². The van der Waals surface area contributed by atoms with Gasteiger partial charge in [-0.15, -0.1) is 11.8 Å². The molecule has 0 aliphatic carbocycles. The highest BCUT2D eigenvalue weighted by molar-refractivity contribution is 14.1. The van der Waals surface area contributed by atoms with Crippen molar-refractivity contribution in [3.63, 3.8) is 0 Å². The van der Waals surface area contributed by atoms with Gasteiger partial charge in [0.25, 0.3) is 0 Å². The first-order chi connectivity index (χ1) is 8.56. The Labute approximate surface area is 132 Å². The van der Waals surface area contributed by atoms with Crippen LogP contribution in [-0.4, -0.2) is 9.97 Å². The summed E-state index contributed by atoms with van der Waals surface area (Å²) in [6.45, 7) is 1.95. The molecule has 0 saturated carbocycles. The van der Waals surface area contributed by atoms with Gasteiger partial charge in [-0.25, -0.2) is 9.97 Å². The number of halogens is 2. The Morgan fingerprint density at radius 1 is 1.28 bits per heavy atom. The van der Waals surface area contributed by atoms with Gasteiger partial charge in [0.15, 0.2) is 0 Å². The number of nitrogen functional groups attached to an aromatic ring is 1. The summed E-state index contributed by atoms with van der Waals surface area (Å²) in [6, 6.07) is 8.18. The van der Waals surface area contributed by atoms with Crippen molar-refractivity contribution in [2.24, 2.45) is 0 Å². The Balaban J connectivity index is 2.08. The monoisotopic (exact) mass is 435 g/mol. The van der Waals surface area contributed by atoms with Crippen LogP contribution in [0, 0.1) is 10.5 Å². The SMILES string of the molecule is Cc1nc(CSc2ccc(Br)cc2)nc(N)c1I. The number of aromatic nitrogens is 2. The second-order valence-corrected chi connectivity index (χ2v) is 6.71. The summed E-state index contributed by atoms with van der Waals surface area (Å²) < 4.78 is 2.02. The van der Waals surface area contributed by atoms with E-state index >= 15 is 0 Å². The fourth-order valence-electron chi connectivity index (χ4n) is 1.38. The van der Waals surface area contributed by atoms with Crippen molar-refractivity contribution in [2.75, 3.05) is 5.73 Å². The van der Waals surface area contributed by atoms with Gasteiger partial charge in [-0.1, -0.05) is 15.9 Å². The molecule has 6 heteroatoms. The maximum atomic E-state index is 5.84. The number of nitrogens with zero attached hydrogens (tertiary/aromatic N) is 2. The molecule has 2 aromatic rings. The van der Waals surface area contributed by atoms with Crippen LogP contribution >= 0.6 is 50.3 Å². The Bertz CT molecular complexity index is 537. The molecule has 0 aliphatic rings. The maximum Gasteiger partial charge on any atom is 0.141 e. The molecule has 0 amide bonds. The molecule has 0 aliphatic heterocycles. The summed E-state index contributed by atoms with van der Waals surface area (Å²) >= 11 is 7.29. The summed E-state index contributed by atoms with van der Waals surface area (Å²) in [4.78, 5) is 9.92. The topological polar surface area (TPSA) is 51.8 Å². The number of aryl methyl sites for hydroxylation is 1. The van der Waals surface area contributed by atoms with E-state index < -0.39 is 0 Å². The predicted molar refractivity (Wildman–Crippen MR) is 87.6 cm³/mol. The zero-order valence-corrected chi connectivity index (χ0v) is 14.2. The van der Waals surface area contributed by atoms with E-state index in [9.17, 15) is 0 Å². The molecule has 0 fully saturated rings. The smallest absolute Gasteiger partial charge is 0.141 e. The Morgan fingerprint density at radius 2 is 1.94 bits per heavy atom. The Morgan fingerprint density at radius 3 is 2.56 bits per heavy atom. The molecule has 3 nitrogen and oxygen atoms in total. The summed E-state index contributed by atoms with van der Waals surface area (Å²) in [7, 11) is 0. The second kappa shape index (κ2) is 6.21. The number of anilines is 1. The molecule has 0 spiro atoms. The fraction of sp³-hybridized carbons (Fsp3) is 0.167. The van der Waals surface area contributed by atoms with Gasteiger partial charge in [-0.2, -0.15) is 0 Å². The van der Waals surface area contributed by atoms with E-state index in [2.05, 4.69) is 60.6 Å². The summed E-state index contributed by atoms with van der Waals surface area (Å²) in [6.07, 6.45) is 0. The first-order valence-electron chi connectivity index (χ1n) is 5.23. The maximum absolute atomic E-state index is 5.84. The van der Waals surface area contributed by atoms with Crippen molar-refractivity contribution in [2.45, 2.75) is 17.6 Å². The molecule has 0 bridgehead atoms. The van der Waals surface area contributed by atoms with Gasteiger partial charge in [-0.05, 0) is 53.8 Å². The largest absolute Gasteiger partial charge is 0.383 e. The molecule has 1 aromatic carbocycles. The van der Waals surface area contributed by atoms with Crippen LogP contribution in [0.3, 0.4) is 0 Å². The van der Waals surface area contributed by atoms with Crippen LogP contribution in [0.4, 0.5) is 5.82 Å². The van der Waals surface area contributed by atoms with Gasteiger partial charge < -0.3 is 5.73 Å². The van der Waals surface area contributed by atoms with E-state index in [1.807, 2.05) is 19.1 Å². The molecule has 18 heavy (non-hydrogen) atoms. The molecule has 0 unspecified atom stereocenters. The van der Waals surface area contributed by atoms with Crippen molar-refractivity contribution in [1.29, 1.82) is 0 Å². The molecule has 94 valence electrons. The van der Waals surface area contributed by atoms with E-state index in [1.165, 1.54) is 4.90 Å². The molecule has 0 saturated heterocycles. The number of hydrogen-bond donors (Lipinski definition) is 1. The Hall–Kier alpha value is -0.340. The van der Waals surface area contributed by atoms with Gasteiger partial charge in [0.05, 0.1) is 15.0 Å². The first kappa shape index (κ1) is 14.1. The van der Waals surface area contributed by atoms with E-state index in [-0.39, 0.29) is 0 Å². The number of thioether (sulfide) groups is 1. The van der Waals surface area contributed by atoms with Crippen LogP contribution in [-0.2, 0) is 5.75 Å². The van der Waals surface area contributed by atoms with Crippen molar-refractivity contribution in [3.8, 4) is 0 Å². The number of rotatable bonds is 3. The quantitative estimate of drug-likeness (QED) is 0.584. The average molecular weight is 436 g/mol. The summed E-state index contributed by atoms with van der Waals surface area (Å²) in [5, 5.41) is 0. The molecule has 2 rings (SSSR count). The van der Waals surface area contributed by atoms with Crippen molar-refractivity contribution in [3.05, 3.63) is 43.8 Å². The molecule has 2 N–H and O–H groups in total. The van der Waals surface area contributed by atoms with Crippen LogP contribution in [0.15, 0.2) is 33.6 Å². The van der Waals surface area contributed by atoms with Crippen LogP contribution in [0.25, 0.3) is 0 Å². The number of hydrogen-bond acceptors (Lipinski definition) is 4. The third kappa shape index (κ3) is 3.58.